The van der Waals surface area contributed by atoms with Gasteiger partial charge in [-0.1, -0.05) is 36.4 Å². The molecule has 112 valence electrons. The second-order valence-corrected chi connectivity index (χ2v) is 4.91. The molecule has 0 spiro atoms. The number of ketones is 2. The molecule has 0 unspecified atom stereocenters. The first-order valence-corrected chi connectivity index (χ1v) is 6.35. The van der Waals surface area contributed by atoms with Gasteiger partial charge in [0.1, 0.15) is 11.7 Å². The molecule has 0 amide bonds. The zero-order chi connectivity index (χ0) is 16.1. The van der Waals surface area contributed by atoms with Crippen LogP contribution in [-0.4, -0.2) is 11.6 Å². The van der Waals surface area contributed by atoms with E-state index < -0.39 is 40.6 Å². The van der Waals surface area contributed by atoms with Crippen LogP contribution in [0.3, 0.4) is 0 Å². The minimum atomic E-state index is -4.89. The molecule has 2 aromatic carbocycles. The maximum atomic E-state index is 14.2. The molecule has 2 nitrogen and oxygen atoms in total. The van der Waals surface area contributed by atoms with Gasteiger partial charge in [0.25, 0.3) is 0 Å². The summed E-state index contributed by atoms with van der Waals surface area (Å²) < 4.78 is 52.5. The van der Waals surface area contributed by atoms with Gasteiger partial charge < -0.3 is 0 Å². The van der Waals surface area contributed by atoms with Gasteiger partial charge in [-0.15, -0.1) is 0 Å². The van der Waals surface area contributed by atoms with E-state index in [9.17, 15) is 27.2 Å². The minimum absolute atomic E-state index is 0.106. The van der Waals surface area contributed by atoms with E-state index in [-0.39, 0.29) is 11.1 Å². The molecule has 0 fully saturated rings. The van der Waals surface area contributed by atoms with E-state index in [0.717, 1.165) is 12.1 Å². The maximum Gasteiger partial charge on any atom is 0.419 e. The Hall–Kier alpha value is -2.50. The van der Waals surface area contributed by atoms with Crippen molar-refractivity contribution < 1.29 is 27.2 Å². The maximum absolute atomic E-state index is 14.2. The molecular formula is C16H8F4O2. The number of hydrogen-bond donors (Lipinski definition) is 0. The summed E-state index contributed by atoms with van der Waals surface area (Å²) in [7, 11) is 0. The highest BCUT2D eigenvalue weighted by molar-refractivity contribution is 6.29. The van der Waals surface area contributed by atoms with Gasteiger partial charge in [0.15, 0.2) is 11.6 Å². The van der Waals surface area contributed by atoms with Crippen molar-refractivity contribution in [2.45, 2.75) is 12.1 Å². The molecule has 0 N–H and O–H groups in total. The first kappa shape index (κ1) is 14.4. The Morgan fingerprint density at radius 1 is 0.818 bits per heavy atom. The molecule has 0 aromatic heterocycles. The first-order chi connectivity index (χ1) is 10.3. The number of benzene rings is 2. The van der Waals surface area contributed by atoms with Crippen molar-refractivity contribution in [2.24, 2.45) is 0 Å². The lowest BCUT2D eigenvalue weighted by Gasteiger charge is -2.13. The van der Waals surface area contributed by atoms with Crippen molar-refractivity contribution in [3.63, 3.8) is 0 Å². The van der Waals surface area contributed by atoms with E-state index >= 15 is 0 Å². The predicted molar refractivity (Wildman–Crippen MR) is 69.2 cm³/mol. The van der Waals surface area contributed by atoms with Gasteiger partial charge in [-0.25, -0.2) is 4.39 Å². The third-order valence-electron chi connectivity index (χ3n) is 3.63. The van der Waals surface area contributed by atoms with Gasteiger partial charge in [-0.3, -0.25) is 9.59 Å². The summed E-state index contributed by atoms with van der Waals surface area (Å²) in [5, 5.41) is 0. The average molecular weight is 308 g/mol. The average Bonchev–Trinajstić information content (AvgIpc) is 2.71. The Morgan fingerprint density at radius 2 is 1.36 bits per heavy atom. The van der Waals surface area contributed by atoms with Crippen molar-refractivity contribution in [1.82, 2.24) is 0 Å². The van der Waals surface area contributed by atoms with Crippen molar-refractivity contribution in [2.75, 3.05) is 0 Å². The summed E-state index contributed by atoms with van der Waals surface area (Å²) in [6.45, 7) is 0. The van der Waals surface area contributed by atoms with Gasteiger partial charge in [0, 0.05) is 16.7 Å². The topological polar surface area (TPSA) is 34.1 Å². The quantitative estimate of drug-likeness (QED) is 0.589. The predicted octanol–water partition coefficient (Wildman–Crippen LogP) is 4.01. The molecular weight excluding hydrogens is 300 g/mol. The molecule has 2 aromatic rings. The third-order valence-corrected chi connectivity index (χ3v) is 3.63. The van der Waals surface area contributed by atoms with Crippen molar-refractivity contribution >= 4 is 11.6 Å². The molecule has 1 aliphatic carbocycles. The highest BCUT2D eigenvalue weighted by Gasteiger charge is 2.43. The van der Waals surface area contributed by atoms with Crippen LogP contribution in [0.15, 0.2) is 42.5 Å². The molecule has 3 rings (SSSR count). The fraction of sp³-hybridized carbons (Fsp3) is 0.125. The second kappa shape index (κ2) is 4.76. The molecule has 0 heterocycles. The monoisotopic (exact) mass is 308 g/mol. The van der Waals surface area contributed by atoms with Gasteiger partial charge in [-0.2, -0.15) is 13.2 Å². The summed E-state index contributed by atoms with van der Waals surface area (Å²) >= 11 is 0. The fourth-order valence-corrected chi connectivity index (χ4v) is 2.62. The van der Waals surface area contributed by atoms with Crippen LogP contribution in [0.2, 0.25) is 0 Å². The summed E-state index contributed by atoms with van der Waals surface area (Å²) in [5.41, 5.74) is -1.81. The Kier molecular flexibility index (Phi) is 3.12. The van der Waals surface area contributed by atoms with E-state index in [1.54, 1.807) is 0 Å². The van der Waals surface area contributed by atoms with Gasteiger partial charge in [-0.05, 0) is 6.07 Å². The molecule has 0 saturated heterocycles. The number of carbonyl (C=O) groups is 2. The number of rotatable bonds is 1. The highest BCUT2D eigenvalue weighted by atomic mass is 19.4. The first-order valence-electron chi connectivity index (χ1n) is 6.35. The van der Waals surface area contributed by atoms with Gasteiger partial charge in [0.05, 0.1) is 5.56 Å². The number of alkyl halides is 3. The van der Waals surface area contributed by atoms with Crippen molar-refractivity contribution in [3.05, 3.63) is 70.5 Å². The van der Waals surface area contributed by atoms with E-state index in [4.69, 9.17) is 0 Å². The van der Waals surface area contributed by atoms with E-state index in [0.29, 0.717) is 6.07 Å². The van der Waals surface area contributed by atoms with Crippen LogP contribution in [0.5, 0.6) is 0 Å². The number of fused-ring (bicyclic) bond motifs is 1. The van der Waals surface area contributed by atoms with E-state index in [1.165, 1.54) is 24.3 Å². The molecule has 0 bridgehead atoms. The fourth-order valence-electron chi connectivity index (χ4n) is 2.62. The lowest BCUT2D eigenvalue weighted by atomic mass is 9.92. The normalized spacial score (nSPS) is 15.3. The third kappa shape index (κ3) is 2.03. The molecule has 0 aliphatic heterocycles. The smallest absolute Gasteiger partial charge is 0.293 e. The summed E-state index contributed by atoms with van der Waals surface area (Å²) in [4.78, 5) is 24.5. The Bertz CT molecular complexity index is 758. The summed E-state index contributed by atoms with van der Waals surface area (Å²) in [5.74, 6) is -4.49. The van der Waals surface area contributed by atoms with Crippen LogP contribution >= 0.6 is 0 Å². The van der Waals surface area contributed by atoms with Crippen LogP contribution in [0.1, 0.15) is 37.8 Å². The summed E-state index contributed by atoms with van der Waals surface area (Å²) in [6.07, 6.45) is -4.89. The zero-order valence-corrected chi connectivity index (χ0v) is 10.9. The van der Waals surface area contributed by atoms with Crippen LogP contribution in [0.4, 0.5) is 17.6 Å². The number of carbonyl (C=O) groups excluding carboxylic acids is 2. The molecule has 0 atom stereocenters. The number of Topliss-reactive ketones (excluding diaryl/α,β-unsaturated/α-hetero) is 2. The highest BCUT2D eigenvalue weighted by Crippen LogP contribution is 2.39. The Morgan fingerprint density at radius 3 is 1.86 bits per heavy atom. The molecule has 1 aliphatic rings. The van der Waals surface area contributed by atoms with Crippen LogP contribution in [-0.2, 0) is 6.18 Å². The molecule has 6 heteroatoms. The van der Waals surface area contributed by atoms with Crippen molar-refractivity contribution in [3.8, 4) is 0 Å². The lowest BCUT2D eigenvalue weighted by Crippen LogP contribution is -2.17. The van der Waals surface area contributed by atoms with Crippen molar-refractivity contribution in [1.29, 1.82) is 0 Å². The Balaban J connectivity index is 2.15. The number of halogens is 4. The minimum Gasteiger partial charge on any atom is -0.293 e. The lowest BCUT2D eigenvalue weighted by molar-refractivity contribution is -0.140. The Labute approximate surface area is 122 Å². The number of hydrogen-bond acceptors (Lipinski definition) is 2. The van der Waals surface area contributed by atoms with Gasteiger partial charge in [0.2, 0.25) is 0 Å². The van der Waals surface area contributed by atoms with E-state index in [2.05, 4.69) is 0 Å². The van der Waals surface area contributed by atoms with Crippen LogP contribution in [0.25, 0.3) is 0 Å². The largest absolute Gasteiger partial charge is 0.419 e. The van der Waals surface area contributed by atoms with Crippen LogP contribution < -0.4 is 0 Å². The SMILES string of the molecule is O=C1c2ccccc2C(=O)C1c1cccc(C(F)(F)F)c1F. The summed E-state index contributed by atoms with van der Waals surface area (Å²) in [6, 6.07) is 8.49. The standard InChI is InChI=1S/C16H8F4O2/c17-13-10(6-3-7-11(13)16(18,19)20)12-14(21)8-4-1-2-5-9(8)15(12)22/h1-7,12H. The van der Waals surface area contributed by atoms with Crippen LogP contribution in [0, 0.1) is 5.82 Å². The van der Waals surface area contributed by atoms with E-state index in [1.807, 2.05) is 0 Å². The van der Waals surface area contributed by atoms with Gasteiger partial charge >= 0.3 is 6.18 Å². The zero-order valence-electron chi connectivity index (χ0n) is 10.9. The molecule has 22 heavy (non-hydrogen) atoms. The molecule has 0 saturated carbocycles. The molecule has 0 radical (unpaired) electrons. The second-order valence-electron chi connectivity index (χ2n) is 4.91.